The first-order valence-corrected chi connectivity index (χ1v) is 12.8. The lowest BCUT2D eigenvalue weighted by Crippen LogP contribution is -2.16. The number of thioether (sulfide) groups is 1. The molecule has 0 atom stereocenters. The van der Waals surface area contributed by atoms with E-state index in [1.165, 1.54) is 27.8 Å². The number of nitrogens with zero attached hydrogens (tertiary/aromatic N) is 3. The van der Waals surface area contributed by atoms with Crippen molar-refractivity contribution in [2.75, 3.05) is 23.5 Å². The fraction of sp³-hybridized carbons (Fsp3) is 0.333. The summed E-state index contributed by atoms with van der Waals surface area (Å²) in [5.74, 6) is 6.64. The Morgan fingerprint density at radius 1 is 1.34 bits per heavy atom. The normalized spacial score (nSPS) is 12.6. The van der Waals surface area contributed by atoms with E-state index in [1.54, 1.807) is 6.92 Å². The van der Waals surface area contributed by atoms with Crippen molar-refractivity contribution in [1.29, 1.82) is 0 Å². The molecule has 1 aromatic carbocycles. The summed E-state index contributed by atoms with van der Waals surface area (Å²) in [6.07, 6.45) is 3.05. The number of carbonyl (C=O) groups is 2. The van der Waals surface area contributed by atoms with E-state index in [9.17, 15) is 9.59 Å². The van der Waals surface area contributed by atoms with E-state index in [0.717, 1.165) is 39.7 Å². The quantitative estimate of drug-likeness (QED) is 0.251. The van der Waals surface area contributed by atoms with E-state index < -0.39 is 0 Å². The van der Waals surface area contributed by atoms with Gasteiger partial charge in [-0.05, 0) is 43.9 Å². The van der Waals surface area contributed by atoms with Crippen LogP contribution in [0.15, 0.2) is 33.9 Å². The van der Waals surface area contributed by atoms with Crippen LogP contribution in [-0.2, 0) is 22.4 Å². The Bertz CT molecular complexity index is 1160. The second-order valence-electron chi connectivity index (χ2n) is 7.12. The molecule has 0 fully saturated rings. The molecule has 0 saturated carbocycles. The van der Waals surface area contributed by atoms with Crippen LogP contribution in [0.5, 0.6) is 0 Å². The summed E-state index contributed by atoms with van der Waals surface area (Å²) >= 11 is 6.26. The molecule has 0 saturated heterocycles. The summed E-state index contributed by atoms with van der Waals surface area (Å²) < 4.78 is 7.56. The molecule has 8 nitrogen and oxygen atoms in total. The zero-order chi connectivity index (χ0) is 22.7. The lowest BCUT2D eigenvalue weighted by atomic mass is 10.1. The van der Waals surface area contributed by atoms with Gasteiger partial charge in [-0.3, -0.25) is 4.79 Å². The van der Waals surface area contributed by atoms with E-state index in [-0.39, 0.29) is 18.3 Å². The minimum Gasteiger partial charge on any atom is -0.462 e. The number of esters is 1. The van der Waals surface area contributed by atoms with Gasteiger partial charge in [-0.15, -0.1) is 21.5 Å². The Labute approximate surface area is 202 Å². The van der Waals surface area contributed by atoms with E-state index in [0.29, 0.717) is 33.9 Å². The molecule has 0 radical (unpaired) electrons. The highest BCUT2D eigenvalue weighted by Gasteiger charge is 2.28. The van der Waals surface area contributed by atoms with Gasteiger partial charge < -0.3 is 15.9 Å². The van der Waals surface area contributed by atoms with E-state index in [4.69, 9.17) is 10.6 Å². The number of anilines is 1. The van der Waals surface area contributed by atoms with Gasteiger partial charge in [-0.25, -0.2) is 9.47 Å². The largest absolute Gasteiger partial charge is 0.462 e. The number of carbonyl (C=O) groups excluding carboxylic acids is 2. The van der Waals surface area contributed by atoms with Crippen LogP contribution in [0.1, 0.15) is 40.6 Å². The minimum absolute atomic E-state index is 0.168. The van der Waals surface area contributed by atoms with E-state index >= 15 is 0 Å². The van der Waals surface area contributed by atoms with Gasteiger partial charge in [0.2, 0.25) is 11.1 Å². The van der Waals surface area contributed by atoms with Crippen LogP contribution in [0.3, 0.4) is 0 Å². The number of aryl methyl sites for hydroxylation is 1. The van der Waals surface area contributed by atoms with Crippen LogP contribution < -0.4 is 11.2 Å². The number of ether oxygens (including phenoxy) is 1. The third-order valence-corrected chi connectivity index (χ3v) is 7.61. The van der Waals surface area contributed by atoms with Crippen molar-refractivity contribution in [2.24, 2.45) is 0 Å². The molecule has 0 bridgehead atoms. The van der Waals surface area contributed by atoms with Crippen LogP contribution in [0, 0.1) is 0 Å². The SMILES string of the molecule is CCOC(=O)c1c(NC(=O)CCSc2nnc(-c3cccc(Br)c3)n2N)sc2c1CCC2. The Hall–Kier alpha value is -2.37. The second-order valence-corrected chi connectivity index (χ2v) is 10.2. The number of nitrogen functional groups attached to an aromatic ring is 1. The van der Waals surface area contributed by atoms with E-state index in [2.05, 4.69) is 31.4 Å². The van der Waals surface area contributed by atoms with Crippen molar-refractivity contribution in [2.45, 2.75) is 37.8 Å². The maximum Gasteiger partial charge on any atom is 0.341 e. The van der Waals surface area contributed by atoms with Gasteiger partial charge in [0.05, 0.1) is 12.2 Å². The standard InChI is InChI=1S/C21H22BrN5O3S2/c1-2-30-20(29)17-14-7-4-8-15(14)32-19(17)24-16(28)9-10-31-21-26-25-18(27(21)23)12-5-3-6-13(22)11-12/h3,5-6,11H,2,4,7-10,23H2,1H3,(H,24,28). The van der Waals surface area contributed by atoms with E-state index in [1.807, 2.05) is 24.3 Å². The molecule has 3 aromatic rings. The minimum atomic E-state index is -0.368. The molecule has 1 aliphatic rings. The molecule has 1 aliphatic carbocycles. The molecule has 2 aromatic heterocycles. The Kier molecular flexibility index (Phi) is 7.17. The number of hydrogen-bond donors (Lipinski definition) is 2. The van der Waals surface area contributed by atoms with Crippen LogP contribution >= 0.6 is 39.0 Å². The van der Waals surface area contributed by atoms with Gasteiger partial charge >= 0.3 is 5.97 Å². The number of halogens is 1. The fourth-order valence-corrected chi connectivity index (χ4v) is 6.02. The molecule has 3 N–H and O–H groups in total. The van der Waals surface area contributed by atoms with Gasteiger partial charge in [-0.1, -0.05) is 39.8 Å². The number of fused-ring (bicyclic) bond motifs is 1. The zero-order valence-corrected chi connectivity index (χ0v) is 20.6. The molecule has 1 amide bonds. The summed E-state index contributed by atoms with van der Waals surface area (Å²) in [6, 6.07) is 7.63. The summed E-state index contributed by atoms with van der Waals surface area (Å²) in [6.45, 7) is 2.08. The van der Waals surface area contributed by atoms with Crippen LogP contribution in [0.2, 0.25) is 0 Å². The number of thiophene rings is 1. The zero-order valence-electron chi connectivity index (χ0n) is 17.4. The lowest BCUT2D eigenvalue weighted by Gasteiger charge is -2.08. The Balaban J connectivity index is 1.37. The molecule has 0 spiro atoms. The molecular formula is C21H22BrN5O3S2. The van der Waals surface area contributed by atoms with Gasteiger partial charge in [0, 0.05) is 27.1 Å². The monoisotopic (exact) mass is 535 g/mol. The first kappa shape index (κ1) is 22.8. The highest BCUT2D eigenvalue weighted by Crippen LogP contribution is 2.39. The first-order chi connectivity index (χ1) is 15.5. The molecule has 2 heterocycles. The van der Waals surface area contributed by atoms with Gasteiger partial charge in [0.15, 0.2) is 5.82 Å². The Morgan fingerprint density at radius 2 is 2.19 bits per heavy atom. The first-order valence-electron chi connectivity index (χ1n) is 10.2. The Morgan fingerprint density at radius 3 is 2.97 bits per heavy atom. The lowest BCUT2D eigenvalue weighted by molar-refractivity contribution is -0.115. The number of nitrogens with one attached hydrogen (secondary N) is 1. The second kappa shape index (κ2) is 10.1. The average Bonchev–Trinajstić information content (AvgIpc) is 3.43. The molecular weight excluding hydrogens is 514 g/mol. The molecule has 11 heteroatoms. The van der Waals surface area contributed by atoms with Crippen molar-refractivity contribution < 1.29 is 14.3 Å². The number of amides is 1. The number of hydrogen-bond acceptors (Lipinski definition) is 8. The van der Waals surface area contributed by atoms with Crippen molar-refractivity contribution >= 4 is 55.9 Å². The fourth-order valence-electron chi connectivity index (χ4n) is 3.54. The molecule has 168 valence electrons. The van der Waals surface area contributed by atoms with Crippen molar-refractivity contribution in [3.63, 3.8) is 0 Å². The summed E-state index contributed by atoms with van der Waals surface area (Å²) in [7, 11) is 0. The molecule has 4 rings (SSSR count). The van der Waals surface area contributed by atoms with Crippen LogP contribution in [0.25, 0.3) is 11.4 Å². The van der Waals surface area contributed by atoms with Gasteiger partial charge in [-0.2, -0.15) is 0 Å². The highest BCUT2D eigenvalue weighted by molar-refractivity contribution is 9.10. The number of benzene rings is 1. The summed E-state index contributed by atoms with van der Waals surface area (Å²) in [5, 5.41) is 12.3. The molecule has 0 aliphatic heterocycles. The van der Waals surface area contributed by atoms with Gasteiger partial charge in [0.1, 0.15) is 5.00 Å². The number of aromatic nitrogens is 3. The highest BCUT2D eigenvalue weighted by atomic mass is 79.9. The average molecular weight is 536 g/mol. The van der Waals surface area contributed by atoms with Crippen molar-refractivity contribution in [1.82, 2.24) is 14.9 Å². The molecule has 32 heavy (non-hydrogen) atoms. The summed E-state index contributed by atoms with van der Waals surface area (Å²) in [4.78, 5) is 26.2. The maximum absolute atomic E-state index is 12.6. The predicted molar refractivity (Wildman–Crippen MR) is 130 cm³/mol. The van der Waals surface area contributed by atoms with Crippen LogP contribution in [0.4, 0.5) is 5.00 Å². The van der Waals surface area contributed by atoms with Crippen molar-refractivity contribution in [3.8, 4) is 11.4 Å². The smallest absolute Gasteiger partial charge is 0.341 e. The maximum atomic E-state index is 12.6. The third-order valence-electron chi connectivity index (χ3n) is 4.96. The number of rotatable bonds is 8. The predicted octanol–water partition coefficient (Wildman–Crippen LogP) is 4.27. The molecule has 0 unspecified atom stereocenters. The number of nitrogens with two attached hydrogens (primary N) is 1. The topological polar surface area (TPSA) is 112 Å². The van der Waals surface area contributed by atoms with Gasteiger partial charge in [0.25, 0.3) is 0 Å². The summed E-state index contributed by atoms with van der Waals surface area (Å²) in [5.41, 5.74) is 2.39. The van der Waals surface area contributed by atoms with Crippen molar-refractivity contribution in [3.05, 3.63) is 44.7 Å². The third kappa shape index (κ3) is 4.84. The van der Waals surface area contributed by atoms with Crippen LogP contribution in [-0.4, -0.2) is 39.1 Å².